The normalized spacial score (nSPS) is 22.2. The maximum atomic E-state index is 13.2. The van der Waals surface area contributed by atoms with E-state index in [0.29, 0.717) is 57.4 Å². The van der Waals surface area contributed by atoms with Gasteiger partial charge in [0, 0.05) is 45.8 Å². The van der Waals surface area contributed by atoms with E-state index in [1.165, 1.54) is 0 Å². The van der Waals surface area contributed by atoms with Crippen molar-refractivity contribution in [2.75, 3.05) is 53.1 Å². The number of rotatable bonds is 5. The van der Waals surface area contributed by atoms with Gasteiger partial charge in [0.25, 0.3) is 0 Å². The Kier molecular flexibility index (Phi) is 6.22. The zero-order chi connectivity index (χ0) is 21.2. The third-order valence-corrected chi connectivity index (χ3v) is 8.53. The molecule has 1 spiro atoms. The largest absolute Gasteiger partial charge is 0.486 e. The predicted molar refractivity (Wildman–Crippen MR) is 110 cm³/mol. The molecule has 3 heterocycles. The average molecular weight is 439 g/mol. The molecule has 166 valence electrons. The molecule has 0 aromatic heterocycles. The van der Waals surface area contributed by atoms with Crippen molar-refractivity contribution in [3.63, 3.8) is 0 Å². The van der Waals surface area contributed by atoms with E-state index in [0.717, 1.165) is 32.2 Å². The molecule has 0 unspecified atom stereocenters. The Morgan fingerprint density at radius 1 is 1.03 bits per heavy atom. The van der Waals surface area contributed by atoms with Crippen molar-refractivity contribution < 1.29 is 27.4 Å². The number of hydrogen-bond acceptors (Lipinski definition) is 6. The summed E-state index contributed by atoms with van der Waals surface area (Å²) >= 11 is 0. The summed E-state index contributed by atoms with van der Waals surface area (Å²) in [6.07, 6.45) is 3.83. The first kappa shape index (κ1) is 21.4. The standard InChI is InChI=1S/C21H30N2O6S/c1-27-13-12-22-9-6-21(5-4-20(22)24)7-10-23(11-8-21)30(25,26)17-2-3-18-19(16-17)29-15-14-28-18/h2-3,16H,4-15H2,1H3. The van der Waals surface area contributed by atoms with Gasteiger partial charge in [-0.3, -0.25) is 4.79 Å². The fourth-order valence-electron chi connectivity index (χ4n) is 4.62. The molecular formula is C21H30N2O6S. The van der Waals surface area contributed by atoms with Gasteiger partial charge >= 0.3 is 0 Å². The van der Waals surface area contributed by atoms with Gasteiger partial charge in [-0.05, 0) is 43.2 Å². The number of nitrogens with zero attached hydrogens (tertiary/aromatic N) is 2. The molecule has 0 N–H and O–H groups in total. The summed E-state index contributed by atoms with van der Waals surface area (Å²) in [5, 5.41) is 0. The van der Waals surface area contributed by atoms with E-state index in [-0.39, 0.29) is 16.2 Å². The lowest BCUT2D eigenvalue weighted by molar-refractivity contribution is -0.131. The Morgan fingerprint density at radius 3 is 2.47 bits per heavy atom. The van der Waals surface area contributed by atoms with Crippen LogP contribution >= 0.6 is 0 Å². The molecule has 3 aliphatic heterocycles. The minimum Gasteiger partial charge on any atom is -0.486 e. The van der Waals surface area contributed by atoms with Gasteiger partial charge < -0.3 is 19.1 Å². The molecule has 1 aromatic carbocycles. The fraction of sp³-hybridized carbons (Fsp3) is 0.667. The predicted octanol–water partition coefficient (Wildman–Crippen LogP) is 1.89. The van der Waals surface area contributed by atoms with E-state index in [9.17, 15) is 13.2 Å². The molecule has 2 saturated heterocycles. The van der Waals surface area contributed by atoms with Gasteiger partial charge in [-0.25, -0.2) is 8.42 Å². The van der Waals surface area contributed by atoms with Crippen LogP contribution in [0.25, 0.3) is 0 Å². The first-order chi connectivity index (χ1) is 14.4. The van der Waals surface area contributed by atoms with E-state index in [4.69, 9.17) is 14.2 Å². The summed E-state index contributed by atoms with van der Waals surface area (Å²) in [5.41, 5.74) is 0.0380. The maximum Gasteiger partial charge on any atom is 0.243 e. The Hall–Kier alpha value is -1.84. The number of sulfonamides is 1. The lowest BCUT2D eigenvalue weighted by atomic mass is 9.73. The van der Waals surface area contributed by atoms with Gasteiger partial charge in [0.15, 0.2) is 11.5 Å². The summed E-state index contributed by atoms with van der Waals surface area (Å²) in [5.74, 6) is 1.24. The highest BCUT2D eigenvalue weighted by atomic mass is 32.2. The number of piperidine rings is 1. The minimum absolute atomic E-state index is 0.0380. The van der Waals surface area contributed by atoms with Crippen LogP contribution in [-0.4, -0.2) is 76.6 Å². The average Bonchev–Trinajstić information content (AvgIpc) is 2.91. The molecule has 2 fully saturated rings. The maximum absolute atomic E-state index is 13.2. The molecule has 1 aromatic rings. The highest BCUT2D eigenvalue weighted by Gasteiger charge is 2.40. The summed E-state index contributed by atoms with van der Waals surface area (Å²) in [6.45, 7) is 3.72. The number of ether oxygens (including phenoxy) is 3. The van der Waals surface area contributed by atoms with Crippen molar-refractivity contribution >= 4 is 15.9 Å². The summed E-state index contributed by atoms with van der Waals surface area (Å²) in [7, 11) is -1.95. The summed E-state index contributed by atoms with van der Waals surface area (Å²) in [6, 6.07) is 4.82. The smallest absolute Gasteiger partial charge is 0.243 e. The van der Waals surface area contributed by atoms with Gasteiger partial charge in [0.2, 0.25) is 15.9 Å². The van der Waals surface area contributed by atoms with Crippen LogP contribution in [0.3, 0.4) is 0 Å². The first-order valence-corrected chi connectivity index (χ1v) is 12.0. The molecule has 8 nitrogen and oxygen atoms in total. The molecule has 30 heavy (non-hydrogen) atoms. The summed E-state index contributed by atoms with van der Waals surface area (Å²) < 4.78 is 44.1. The van der Waals surface area contributed by atoms with Gasteiger partial charge in [-0.2, -0.15) is 4.31 Å². The number of hydrogen-bond donors (Lipinski definition) is 0. The number of carbonyl (C=O) groups excluding carboxylic acids is 1. The number of carbonyl (C=O) groups is 1. The second kappa shape index (κ2) is 8.72. The SMILES string of the molecule is COCCN1CCC2(CCC1=O)CCN(S(=O)(=O)c1ccc3c(c1)OCCO3)CC2. The van der Waals surface area contributed by atoms with Crippen LogP contribution < -0.4 is 9.47 Å². The van der Waals surface area contributed by atoms with Crippen LogP contribution in [-0.2, 0) is 19.6 Å². The molecule has 0 atom stereocenters. The molecule has 1 amide bonds. The Labute approximate surface area is 178 Å². The molecule has 4 rings (SSSR count). The lowest BCUT2D eigenvalue weighted by Crippen LogP contribution is -2.43. The zero-order valence-electron chi connectivity index (χ0n) is 17.5. The van der Waals surface area contributed by atoms with Gasteiger partial charge in [0.05, 0.1) is 11.5 Å². The third-order valence-electron chi connectivity index (χ3n) is 6.63. The highest BCUT2D eigenvalue weighted by Crippen LogP contribution is 2.43. The van der Waals surface area contributed by atoms with Crippen molar-refractivity contribution in [1.82, 2.24) is 9.21 Å². The van der Waals surface area contributed by atoms with Crippen molar-refractivity contribution in [3.8, 4) is 11.5 Å². The van der Waals surface area contributed by atoms with Crippen molar-refractivity contribution in [1.29, 1.82) is 0 Å². The van der Waals surface area contributed by atoms with Gasteiger partial charge in [-0.15, -0.1) is 0 Å². The van der Waals surface area contributed by atoms with Crippen LogP contribution in [0.5, 0.6) is 11.5 Å². The monoisotopic (exact) mass is 438 g/mol. The van der Waals surface area contributed by atoms with Crippen molar-refractivity contribution in [3.05, 3.63) is 18.2 Å². The second-order valence-electron chi connectivity index (χ2n) is 8.33. The van der Waals surface area contributed by atoms with Crippen LogP contribution in [0.15, 0.2) is 23.1 Å². The van der Waals surface area contributed by atoms with Crippen LogP contribution in [0.2, 0.25) is 0 Å². The molecule has 0 bridgehead atoms. The van der Waals surface area contributed by atoms with E-state index in [2.05, 4.69) is 0 Å². The van der Waals surface area contributed by atoms with E-state index in [1.807, 2.05) is 4.90 Å². The number of amides is 1. The first-order valence-electron chi connectivity index (χ1n) is 10.6. The number of methoxy groups -OCH3 is 1. The quantitative estimate of drug-likeness (QED) is 0.698. The van der Waals surface area contributed by atoms with Crippen LogP contribution in [0.4, 0.5) is 0 Å². The second-order valence-corrected chi connectivity index (χ2v) is 10.3. The van der Waals surface area contributed by atoms with E-state index in [1.54, 1.807) is 29.6 Å². The van der Waals surface area contributed by atoms with Gasteiger partial charge in [-0.1, -0.05) is 0 Å². The highest BCUT2D eigenvalue weighted by molar-refractivity contribution is 7.89. The Bertz CT molecular complexity index is 879. The van der Waals surface area contributed by atoms with Crippen molar-refractivity contribution in [2.24, 2.45) is 5.41 Å². The minimum atomic E-state index is -3.59. The molecule has 3 aliphatic rings. The topological polar surface area (TPSA) is 85.4 Å². The lowest BCUT2D eigenvalue weighted by Gasteiger charge is -2.40. The number of benzene rings is 1. The molecule has 9 heteroatoms. The van der Waals surface area contributed by atoms with E-state index < -0.39 is 10.0 Å². The fourth-order valence-corrected chi connectivity index (χ4v) is 6.08. The number of fused-ring (bicyclic) bond motifs is 1. The molecule has 0 saturated carbocycles. The molecule has 0 radical (unpaired) electrons. The zero-order valence-corrected chi connectivity index (χ0v) is 18.3. The van der Waals surface area contributed by atoms with Gasteiger partial charge in [0.1, 0.15) is 13.2 Å². The van der Waals surface area contributed by atoms with Crippen molar-refractivity contribution in [2.45, 2.75) is 37.0 Å². The van der Waals surface area contributed by atoms with E-state index >= 15 is 0 Å². The Balaban J connectivity index is 1.42. The molecule has 0 aliphatic carbocycles. The summed E-state index contributed by atoms with van der Waals surface area (Å²) in [4.78, 5) is 14.5. The molecular weight excluding hydrogens is 408 g/mol. The van der Waals surface area contributed by atoms with Crippen LogP contribution in [0, 0.1) is 5.41 Å². The number of likely N-dealkylation sites (tertiary alicyclic amines) is 1. The Morgan fingerprint density at radius 2 is 1.73 bits per heavy atom. The third kappa shape index (κ3) is 4.29. The van der Waals surface area contributed by atoms with Crippen LogP contribution in [0.1, 0.15) is 32.1 Å².